The van der Waals surface area contributed by atoms with Crippen LogP contribution in [0.3, 0.4) is 0 Å². The molecule has 1 heterocycles. The zero-order valence-corrected chi connectivity index (χ0v) is 12.5. The Balaban J connectivity index is 0.00000220. The highest BCUT2D eigenvalue weighted by molar-refractivity contribution is 7.89. The van der Waals surface area contributed by atoms with Gasteiger partial charge in [-0.15, -0.1) is 12.4 Å². The van der Waals surface area contributed by atoms with Gasteiger partial charge in [-0.3, -0.25) is 10.1 Å². The molecule has 118 valence electrons. The first-order valence-corrected chi connectivity index (χ1v) is 7.56. The Bertz CT molecular complexity index is 620. The highest BCUT2D eigenvalue weighted by Crippen LogP contribution is 2.26. The topological polar surface area (TPSA) is 101 Å². The van der Waals surface area contributed by atoms with Crippen molar-refractivity contribution in [3.8, 4) is 0 Å². The minimum atomic E-state index is -4.13. The van der Waals surface area contributed by atoms with E-state index < -0.39 is 31.3 Å². The fourth-order valence-corrected chi connectivity index (χ4v) is 3.58. The first-order chi connectivity index (χ1) is 9.42. The average molecular weight is 340 g/mol. The fraction of sp³-hybridized carbons (Fsp3) is 0.455. The van der Waals surface area contributed by atoms with Crippen LogP contribution in [0, 0.1) is 15.9 Å². The maximum atomic E-state index is 13.5. The van der Waals surface area contributed by atoms with Gasteiger partial charge in [0.05, 0.1) is 4.92 Å². The summed E-state index contributed by atoms with van der Waals surface area (Å²) in [5.41, 5.74) is -1.02. The Morgan fingerprint density at radius 3 is 2.71 bits per heavy atom. The molecule has 0 aliphatic carbocycles. The zero-order valence-electron chi connectivity index (χ0n) is 10.9. The molecule has 0 aromatic heterocycles. The predicted molar refractivity (Wildman–Crippen MR) is 76.5 cm³/mol. The van der Waals surface area contributed by atoms with Gasteiger partial charge in [-0.2, -0.15) is 4.39 Å². The molecule has 1 atom stereocenters. The molecule has 10 heteroatoms. The summed E-state index contributed by atoms with van der Waals surface area (Å²) in [6.07, 6.45) is 1.44. The number of hydrogen-bond acceptors (Lipinski definition) is 5. The van der Waals surface area contributed by atoms with Gasteiger partial charge in [0.2, 0.25) is 15.8 Å². The van der Waals surface area contributed by atoms with E-state index in [-0.39, 0.29) is 18.4 Å². The van der Waals surface area contributed by atoms with E-state index in [1.54, 1.807) is 0 Å². The number of nitro groups is 1. The van der Waals surface area contributed by atoms with Crippen LogP contribution in [0.1, 0.15) is 12.8 Å². The minimum absolute atomic E-state index is 0. The molecule has 2 rings (SSSR count). The van der Waals surface area contributed by atoms with E-state index in [4.69, 9.17) is 0 Å². The van der Waals surface area contributed by atoms with E-state index in [0.717, 1.165) is 31.2 Å². The molecular weight excluding hydrogens is 325 g/mol. The SMILES string of the molecule is Cl.O=[N+]([O-])c1c(F)cccc1S(=O)(=O)N[C@H]1CCCNC1. The third kappa shape index (κ3) is 4.10. The van der Waals surface area contributed by atoms with Gasteiger partial charge < -0.3 is 5.32 Å². The lowest BCUT2D eigenvalue weighted by Gasteiger charge is -2.23. The van der Waals surface area contributed by atoms with Crippen LogP contribution < -0.4 is 10.0 Å². The van der Waals surface area contributed by atoms with Crippen LogP contribution in [-0.4, -0.2) is 32.5 Å². The number of sulfonamides is 1. The molecular formula is C11H15ClFN3O4S. The first kappa shape index (κ1) is 17.8. The summed E-state index contributed by atoms with van der Waals surface area (Å²) < 4.78 is 40.2. The van der Waals surface area contributed by atoms with Crippen molar-refractivity contribution in [1.82, 2.24) is 10.0 Å². The van der Waals surface area contributed by atoms with E-state index in [9.17, 15) is 22.9 Å². The molecule has 0 bridgehead atoms. The van der Waals surface area contributed by atoms with E-state index >= 15 is 0 Å². The van der Waals surface area contributed by atoms with Gasteiger partial charge >= 0.3 is 5.69 Å². The van der Waals surface area contributed by atoms with Gasteiger partial charge in [0.15, 0.2) is 4.90 Å². The molecule has 1 aliphatic rings. The zero-order chi connectivity index (χ0) is 14.8. The number of hydrogen-bond donors (Lipinski definition) is 2. The predicted octanol–water partition coefficient (Wildman–Crippen LogP) is 1.19. The highest BCUT2D eigenvalue weighted by Gasteiger charge is 2.31. The smallest absolute Gasteiger partial charge is 0.315 e. The van der Waals surface area contributed by atoms with Gasteiger partial charge in [0.25, 0.3) is 0 Å². The van der Waals surface area contributed by atoms with Crippen LogP contribution in [-0.2, 0) is 10.0 Å². The number of halogens is 2. The van der Waals surface area contributed by atoms with E-state index in [2.05, 4.69) is 10.0 Å². The summed E-state index contributed by atoms with van der Waals surface area (Å²) in [5.74, 6) is -1.17. The lowest BCUT2D eigenvalue weighted by Crippen LogP contribution is -2.45. The normalized spacial score (nSPS) is 18.8. The molecule has 0 spiro atoms. The lowest BCUT2D eigenvalue weighted by atomic mass is 10.1. The molecule has 1 fully saturated rings. The minimum Gasteiger partial charge on any atom is -0.315 e. The molecule has 7 nitrogen and oxygen atoms in total. The average Bonchev–Trinajstić information content (AvgIpc) is 2.38. The van der Waals surface area contributed by atoms with Crippen molar-refractivity contribution < 1.29 is 17.7 Å². The van der Waals surface area contributed by atoms with E-state index in [0.29, 0.717) is 13.0 Å². The van der Waals surface area contributed by atoms with Crippen LogP contribution in [0.2, 0.25) is 0 Å². The summed E-state index contributed by atoms with van der Waals surface area (Å²) in [6.45, 7) is 1.25. The summed E-state index contributed by atoms with van der Waals surface area (Å²) >= 11 is 0. The van der Waals surface area contributed by atoms with Gasteiger partial charge in [-0.25, -0.2) is 13.1 Å². The second-order valence-electron chi connectivity index (χ2n) is 4.51. The van der Waals surface area contributed by atoms with Crippen molar-refractivity contribution in [2.75, 3.05) is 13.1 Å². The molecule has 1 aromatic rings. The van der Waals surface area contributed by atoms with Crippen LogP contribution in [0.5, 0.6) is 0 Å². The Labute approximate surface area is 127 Å². The first-order valence-electron chi connectivity index (χ1n) is 6.08. The van der Waals surface area contributed by atoms with Crippen molar-refractivity contribution in [2.45, 2.75) is 23.8 Å². The quantitative estimate of drug-likeness (QED) is 0.633. The van der Waals surface area contributed by atoms with Crippen molar-refractivity contribution in [3.63, 3.8) is 0 Å². The number of benzene rings is 1. The molecule has 1 saturated heterocycles. The van der Waals surface area contributed by atoms with Crippen molar-refractivity contribution in [3.05, 3.63) is 34.1 Å². The molecule has 0 amide bonds. The van der Waals surface area contributed by atoms with Crippen LogP contribution in [0.4, 0.5) is 10.1 Å². The van der Waals surface area contributed by atoms with E-state index in [1.165, 1.54) is 0 Å². The maximum absolute atomic E-state index is 13.5. The monoisotopic (exact) mass is 339 g/mol. The van der Waals surface area contributed by atoms with Crippen LogP contribution >= 0.6 is 12.4 Å². The lowest BCUT2D eigenvalue weighted by molar-refractivity contribution is -0.390. The molecule has 0 saturated carbocycles. The third-order valence-corrected chi connectivity index (χ3v) is 4.59. The summed E-state index contributed by atoms with van der Waals surface area (Å²) in [5, 5.41) is 13.9. The van der Waals surface area contributed by atoms with Gasteiger partial charge in [0.1, 0.15) is 0 Å². The number of nitrogens with one attached hydrogen (secondary N) is 2. The fourth-order valence-electron chi connectivity index (χ4n) is 2.12. The maximum Gasteiger partial charge on any atom is 0.324 e. The standard InChI is InChI=1S/C11H14FN3O4S.ClH/c12-9-4-1-5-10(11(9)15(16)17)20(18,19)14-8-3-2-6-13-7-8;/h1,4-5,8,13-14H,2-3,6-7H2;1H/t8-;/m0./s1. The number of nitrogens with zero attached hydrogens (tertiary/aromatic N) is 1. The van der Waals surface area contributed by atoms with Crippen LogP contribution in [0.25, 0.3) is 0 Å². The molecule has 0 radical (unpaired) electrons. The Kier molecular flexibility index (Phi) is 6.02. The highest BCUT2D eigenvalue weighted by atomic mass is 35.5. The molecule has 1 aliphatic heterocycles. The van der Waals surface area contributed by atoms with Crippen LogP contribution in [0.15, 0.2) is 23.1 Å². The second kappa shape index (κ2) is 7.12. The Morgan fingerprint density at radius 1 is 1.43 bits per heavy atom. The Morgan fingerprint density at radius 2 is 2.14 bits per heavy atom. The second-order valence-corrected chi connectivity index (χ2v) is 6.19. The third-order valence-electron chi connectivity index (χ3n) is 3.04. The summed E-state index contributed by atoms with van der Waals surface area (Å²) in [6, 6.07) is 2.67. The van der Waals surface area contributed by atoms with Gasteiger partial charge in [-0.05, 0) is 31.5 Å². The van der Waals surface area contributed by atoms with Gasteiger partial charge in [0, 0.05) is 12.6 Å². The van der Waals surface area contributed by atoms with Crippen molar-refractivity contribution >= 4 is 28.1 Å². The number of rotatable bonds is 4. The summed E-state index contributed by atoms with van der Waals surface area (Å²) in [7, 11) is -4.13. The van der Waals surface area contributed by atoms with Crippen molar-refractivity contribution in [2.24, 2.45) is 0 Å². The molecule has 2 N–H and O–H groups in total. The van der Waals surface area contributed by atoms with Gasteiger partial charge in [-0.1, -0.05) is 6.07 Å². The number of nitro benzene ring substituents is 1. The molecule has 0 unspecified atom stereocenters. The largest absolute Gasteiger partial charge is 0.324 e. The Hall–Kier alpha value is -1.29. The van der Waals surface area contributed by atoms with Crippen molar-refractivity contribution in [1.29, 1.82) is 0 Å². The molecule has 21 heavy (non-hydrogen) atoms. The number of piperidine rings is 1. The summed E-state index contributed by atoms with van der Waals surface area (Å²) in [4.78, 5) is 9.17. The molecule has 1 aromatic carbocycles. The van der Waals surface area contributed by atoms with E-state index in [1.807, 2.05) is 0 Å². The number of para-hydroxylation sites is 1.